The smallest absolute Gasteiger partial charge is 0.299 e. The summed E-state index contributed by atoms with van der Waals surface area (Å²) in [6, 6.07) is 3.34. The molecule has 0 saturated carbocycles. The number of anilines is 1. The van der Waals surface area contributed by atoms with Crippen LogP contribution in [0.5, 0.6) is 0 Å². The number of amides is 1. The fraction of sp³-hybridized carbons (Fsp3) is 0.333. The summed E-state index contributed by atoms with van der Waals surface area (Å²) >= 11 is 5.88. The number of rotatable bonds is 2. The molecule has 2 rings (SSSR count). The van der Waals surface area contributed by atoms with Crippen LogP contribution in [-0.2, 0) is 4.79 Å². The molecule has 1 aliphatic rings. The molecule has 1 aromatic rings. The van der Waals surface area contributed by atoms with Gasteiger partial charge < -0.3 is 4.90 Å². The van der Waals surface area contributed by atoms with E-state index in [1.807, 2.05) is 13.8 Å². The van der Waals surface area contributed by atoms with Crippen LogP contribution in [0.25, 0.3) is 0 Å². The van der Waals surface area contributed by atoms with E-state index in [9.17, 15) is 9.59 Å². The van der Waals surface area contributed by atoms with Gasteiger partial charge in [-0.2, -0.15) is 0 Å². The molecule has 0 aromatic heterocycles. The molecule has 1 amide bonds. The van der Waals surface area contributed by atoms with Gasteiger partial charge in [-0.05, 0) is 31.0 Å². The number of ketones is 1. The molecular weight excluding hydrogens is 226 g/mol. The summed E-state index contributed by atoms with van der Waals surface area (Å²) in [7, 11) is 0. The average molecular weight is 238 g/mol. The lowest BCUT2D eigenvalue weighted by atomic mass is 10.1. The van der Waals surface area contributed by atoms with E-state index in [-0.39, 0.29) is 0 Å². The first-order chi connectivity index (χ1) is 7.56. The molecule has 0 saturated heterocycles. The third-order valence-corrected chi connectivity index (χ3v) is 2.88. The monoisotopic (exact) mass is 237 g/mol. The Labute approximate surface area is 99.0 Å². The van der Waals surface area contributed by atoms with Gasteiger partial charge in [0.25, 0.3) is 11.7 Å². The zero-order valence-electron chi connectivity index (χ0n) is 9.21. The van der Waals surface area contributed by atoms with Crippen LogP contribution in [0.2, 0.25) is 5.02 Å². The molecule has 0 unspecified atom stereocenters. The van der Waals surface area contributed by atoms with Gasteiger partial charge in [0.1, 0.15) is 0 Å². The number of fused-ring (bicyclic) bond motifs is 1. The molecular formula is C12H12ClNO2. The largest absolute Gasteiger partial charge is 0.305 e. The van der Waals surface area contributed by atoms with E-state index >= 15 is 0 Å². The van der Waals surface area contributed by atoms with Crippen LogP contribution in [0.15, 0.2) is 12.1 Å². The van der Waals surface area contributed by atoms with Gasteiger partial charge >= 0.3 is 0 Å². The van der Waals surface area contributed by atoms with Crippen LogP contribution in [-0.4, -0.2) is 18.2 Å². The molecule has 1 aliphatic heterocycles. The van der Waals surface area contributed by atoms with Gasteiger partial charge in [0.05, 0.1) is 11.3 Å². The fourth-order valence-electron chi connectivity index (χ4n) is 2.04. The first-order valence-electron chi connectivity index (χ1n) is 5.22. The summed E-state index contributed by atoms with van der Waals surface area (Å²) in [6.07, 6.45) is 0.820. The minimum Gasteiger partial charge on any atom is -0.305 e. The maximum Gasteiger partial charge on any atom is 0.299 e. The number of aryl methyl sites for hydroxylation is 1. The molecule has 1 aromatic carbocycles. The first-order valence-corrected chi connectivity index (χ1v) is 5.60. The van der Waals surface area contributed by atoms with Gasteiger partial charge in [-0.1, -0.05) is 18.5 Å². The van der Waals surface area contributed by atoms with Crippen LogP contribution in [0.3, 0.4) is 0 Å². The van der Waals surface area contributed by atoms with Gasteiger partial charge in [0.2, 0.25) is 0 Å². The maximum atomic E-state index is 11.7. The lowest BCUT2D eigenvalue weighted by Crippen LogP contribution is -2.30. The van der Waals surface area contributed by atoms with Crippen molar-refractivity contribution in [3.05, 3.63) is 28.3 Å². The number of nitrogens with zero attached hydrogens (tertiary/aromatic N) is 1. The number of Topliss-reactive ketones (excluding diaryl/α,β-unsaturated/α-hetero) is 1. The molecule has 84 valence electrons. The van der Waals surface area contributed by atoms with Crippen LogP contribution in [0, 0.1) is 6.92 Å². The maximum absolute atomic E-state index is 11.7. The highest BCUT2D eigenvalue weighted by Crippen LogP contribution is 2.34. The minimum atomic E-state index is -0.450. The van der Waals surface area contributed by atoms with Gasteiger partial charge in [0.15, 0.2) is 0 Å². The predicted molar refractivity (Wildman–Crippen MR) is 63.2 cm³/mol. The molecule has 0 N–H and O–H groups in total. The number of hydrogen-bond donors (Lipinski definition) is 0. The van der Waals surface area contributed by atoms with Crippen LogP contribution >= 0.6 is 11.6 Å². The third kappa shape index (κ3) is 1.52. The summed E-state index contributed by atoms with van der Waals surface area (Å²) < 4.78 is 0. The van der Waals surface area contributed by atoms with Crippen molar-refractivity contribution in [3.63, 3.8) is 0 Å². The van der Waals surface area contributed by atoms with E-state index < -0.39 is 11.7 Å². The molecule has 0 spiro atoms. The zero-order chi connectivity index (χ0) is 11.9. The summed E-state index contributed by atoms with van der Waals surface area (Å²) in [6.45, 7) is 4.40. The molecule has 0 fully saturated rings. The van der Waals surface area contributed by atoms with Crippen molar-refractivity contribution in [2.24, 2.45) is 0 Å². The Kier molecular flexibility index (Phi) is 2.72. The number of hydrogen-bond acceptors (Lipinski definition) is 2. The molecule has 1 heterocycles. The summed E-state index contributed by atoms with van der Waals surface area (Å²) in [5.74, 6) is -0.892. The Bertz CT molecular complexity index is 482. The van der Waals surface area contributed by atoms with E-state index in [0.717, 1.165) is 17.7 Å². The number of carbonyl (C=O) groups excluding carboxylic acids is 2. The van der Waals surface area contributed by atoms with Gasteiger partial charge in [-0.15, -0.1) is 0 Å². The van der Waals surface area contributed by atoms with Crippen molar-refractivity contribution in [1.82, 2.24) is 0 Å². The molecule has 0 radical (unpaired) electrons. The topological polar surface area (TPSA) is 37.4 Å². The highest BCUT2D eigenvalue weighted by atomic mass is 35.5. The summed E-state index contributed by atoms with van der Waals surface area (Å²) in [5, 5.41) is 0.496. The normalized spacial score (nSPS) is 14.6. The van der Waals surface area contributed by atoms with Crippen molar-refractivity contribution in [3.8, 4) is 0 Å². The van der Waals surface area contributed by atoms with Crippen molar-refractivity contribution < 1.29 is 9.59 Å². The SMILES string of the molecule is CCCN1C(=O)C(=O)c2cc(Cl)cc(C)c21. The predicted octanol–water partition coefficient (Wildman–Crippen LogP) is 2.59. The van der Waals surface area contributed by atoms with E-state index in [1.165, 1.54) is 0 Å². The fourth-order valence-corrected chi connectivity index (χ4v) is 2.32. The Morgan fingerprint density at radius 3 is 2.62 bits per heavy atom. The molecule has 4 heteroatoms. The highest BCUT2D eigenvalue weighted by molar-refractivity contribution is 6.52. The van der Waals surface area contributed by atoms with Crippen molar-refractivity contribution >= 4 is 29.0 Å². The van der Waals surface area contributed by atoms with E-state index in [0.29, 0.717) is 17.1 Å². The number of carbonyl (C=O) groups is 2. The summed E-state index contributed by atoms with van der Waals surface area (Å²) in [4.78, 5) is 25.0. The van der Waals surface area contributed by atoms with Crippen molar-refractivity contribution in [2.45, 2.75) is 20.3 Å². The lowest BCUT2D eigenvalue weighted by Gasteiger charge is -2.17. The zero-order valence-corrected chi connectivity index (χ0v) is 9.97. The van der Waals surface area contributed by atoms with Gasteiger partial charge in [-0.3, -0.25) is 9.59 Å². The quantitative estimate of drug-likeness (QED) is 0.742. The number of benzene rings is 1. The van der Waals surface area contributed by atoms with Gasteiger partial charge in [0, 0.05) is 11.6 Å². The van der Waals surface area contributed by atoms with Crippen LogP contribution in [0.4, 0.5) is 5.69 Å². The minimum absolute atomic E-state index is 0.434. The van der Waals surface area contributed by atoms with Crippen molar-refractivity contribution in [1.29, 1.82) is 0 Å². The average Bonchev–Trinajstić information content (AvgIpc) is 2.44. The van der Waals surface area contributed by atoms with E-state index in [1.54, 1.807) is 17.0 Å². The second-order valence-electron chi connectivity index (χ2n) is 3.90. The second-order valence-corrected chi connectivity index (χ2v) is 4.34. The Hall–Kier alpha value is -1.35. The molecule has 16 heavy (non-hydrogen) atoms. The van der Waals surface area contributed by atoms with Gasteiger partial charge in [-0.25, -0.2) is 0 Å². The molecule has 0 atom stereocenters. The standard InChI is InChI=1S/C12H12ClNO2/c1-3-4-14-10-7(2)5-8(13)6-9(10)11(15)12(14)16/h5-6H,3-4H2,1-2H3. The second kappa shape index (κ2) is 3.91. The third-order valence-electron chi connectivity index (χ3n) is 2.67. The van der Waals surface area contributed by atoms with Crippen LogP contribution < -0.4 is 4.90 Å². The lowest BCUT2D eigenvalue weighted by molar-refractivity contribution is -0.114. The van der Waals surface area contributed by atoms with Crippen molar-refractivity contribution in [2.75, 3.05) is 11.4 Å². The Morgan fingerprint density at radius 1 is 1.31 bits per heavy atom. The molecule has 3 nitrogen and oxygen atoms in total. The first kappa shape index (κ1) is 11.1. The highest BCUT2D eigenvalue weighted by Gasteiger charge is 2.36. The Morgan fingerprint density at radius 2 is 2.00 bits per heavy atom. The van der Waals surface area contributed by atoms with E-state index in [2.05, 4.69) is 0 Å². The molecule has 0 aliphatic carbocycles. The Balaban J connectivity index is 2.60. The van der Waals surface area contributed by atoms with Crippen LogP contribution in [0.1, 0.15) is 29.3 Å². The number of halogens is 1. The van der Waals surface area contributed by atoms with E-state index in [4.69, 9.17) is 11.6 Å². The molecule has 0 bridgehead atoms. The summed E-state index contributed by atoms with van der Waals surface area (Å²) in [5.41, 5.74) is 2.03.